The van der Waals surface area contributed by atoms with Gasteiger partial charge in [0.2, 0.25) is 0 Å². The zero-order chi connectivity index (χ0) is 19.2. The number of anilines is 1. The van der Waals surface area contributed by atoms with Gasteiger partial charge >= 0.3 is 5.97 Å². The van der Waals surface area contributed by atoms with Gasteiger partial charge in [0.05, 0.1) is 17.2 Å². The third-order valence-corrected chi connectivity index (χ3v) is 6.39. The molecule has 0 spiro atoms. The number of esters is 1. The fraction of sp³-hybridized carbons (Fsp3) is 0.316. The maximum atomic E-state index is 13.1. The summed E-state index contributed by atoms with van der Waals surface area (Å²) >= 11 is 1.53. The molecule has 0 aliphatic heterocycles. The first-order chi connectivity index (χ1) is 12.4. The standard InChI is InChI=1S/C19H23NO4S2/c1-4-15-6-8-16(9-7-15)20(14-19(21)24-5-2)26(22,23)18-12-10-17(25-3)11-13-18/h6-13H,4-5,14H2,1-3H3. The minimum Gasteiger partial charge on any atom is -0.465 e. The van der Waals surface area contributed by atoms with E-state index in [9.17, 15) is 13.2 Å². The molecule has 0 bridgehead atoms. The second-order valence-corrected chi connectivity index (χ2v) is 8.25. The largest absolute Gasteiger partial charge is 0.465 e. The SMILES string of the molecule is CCOC(=O)CN(c1ccc(CC)cc1)S(=O)(=O)c1ccc(SC)cc1. The summed E-state index contributed by atoms with van der Waals surface area (Å²) in [5.74, 6) is -0.587. The van der Waals surface area contributed by atoms with Gasteiger partial charge in [0.15, 0.2) is 0 Å². The molecule has 0 heterocycles. The lowest BCUT2D eigenvalue weighted by Gasteiger charge is -2.24. The van der Waals surface area contributed by atoms with Crippen molar-refractivity contribution < 1.29 is 17.9 Å². The Bertz CT molecular complexity index is 831. The van der Waals surface area contributed by atoms with E-state index in [0.29, 0.717) is 5.69 Å². The second kappa shape index (κ2) is 9.09. The Balaban J connectivity index is 2.44. The van der Waals surface area contributed by atoms with Crippen molar-refractivity contribution >= 4 is 33.4 Å². The van der Waals surface area contributed by atoms with Crippen molar-refractivity contribution in [2.45, 2.75) is 30.1 Å². The highest BCUT2D eigenvalue weighted by Crippen LogP contribution is 2.26. The van der Waals surface area contributed by atoms with Crippen LogP contribution in [0.5, 0.6) is 0 Å². The van der Waals surface area contributed by atoms with Gasteiger partial charge < -0.3 is 4.74 Å². The Morgan fingerprint density at radius 2 is 1.65 bits per heavy atom. The van der Waals surface area contributed by atoms with Crippen molar-refractivity contribution in [2.75, 3.05) is 23.7 Å². The summed E-state index contributed by atoms with van der Waals surface area (Å²) in [7, 11) is -3.89. The molecule has 0 aliphatic carbocycles. The van der Waals surface area contributed by atoms with Crippen LogP contribution < -0.4 is 4.31 Å². The van der Waals surface area contributed by atoms with Crippen molar-refractivity contribution in [3.05, 3.63) is 54.1 Å². The van der Waals surface area contributed by atoms with Gasteiger partial charge in [-0.05, 0) is 61.6 Å². The predicted molar refractivity (Wildman–Crippen MR) is 105 cm³/mol. The molecule has 0 saturated carbocycles. The first-order valence-electron chi connectivity index (χ1n) is 8.33. The van der Waals surface area contributed by atoms with Gasteiger partial charge in [-0.25, -0.2) is 8.42 Å². The Morgan fingerprint density at radius 3 is 2.15 bits per heavy atom. The van der Waals surface area contributed by atoms with Crippen molar-refractivity contribution in [1.82, 2.24) is 0 Å². The third-order valence-electron chi connectivity index (χ3n) is 3.86. The van der Waals surface area contributed by atoms with E-state index in [1.54, 1.807) is 43.3 Å². The third kappa shape index (κ3) is 4.80. The van der Waals surface area contributed by atoms with Crippen LogP contribution >= 0.6 is 11.8 Å². The molecule has 0 atom stereocenters. The summed E-state index contributed by atoms with van der Waals surface area (Å²) in [6.07, 6.45) is 2.77. The predicted octanol–water partition coefficient (Wildman–Crippen LogP) is 3.73. The number of carbonyl (C=O) groups is 1. The Kier molecular flexibility index (Phi) is 7.11. The summed E-state index contributed by atoms with van der Waals surface area (Å²) in [5, 5.41) is 0. The number of hydrogen-bond donors (Lipinski definition) is 0. The van der Waals surface area contributed by atoms with Crippen LogP contribution in [-0.4, -0.2) is 33.8 Å². The highest BCUT2D eigenvalue weighted by atomic mass is 32.2. The lowest BCUT2D eigenvalue weighted by atomic mass is 10.1. The van der Waals surface area contributed by atoms with Crippen LogP contribution in [0.3, 0.4) is 0 Å². The van der Waals surface area contributed by atoms with Gasteiger partial charge in [0, 0.05) is 4.90 Å². The first-order valence-corrected chi connectivity index (χ1v) is 11.0. The highest BCUT2D eigenvalue weighted by molar-refractivity contribution is 7.98. The van der Waals surface area contributed by atoms with Gasteiger partial charge in [0.25, 0.3) is 10.0 Å². The average Bonchev–Trinajstić information content (AvgIpc) is 2.66. The fourth-order valence-electron chi connectivity index (χ4n) is 2.41. The molecule has 0 N–H and O–H groups in total. The van der Waals surface area contributed by atoms with Crippen LogP contribution in [0.4, 0.5) is 5.69 Å². The summed E-state index contributed by atoms with van der Waals surface area (Å²) in [6.45, 7) is 3.54. The molecule has 0 saturated heterocycles. The zero-order valence-corrected chi connectivity index (χ0v) is 16.8. The molecule has 0 amide bonds. The van der Waals surface area contributed by atoms with Gasteiger partial charge in [-0.1, -0.05) is 19.1 Å². The van der Waals surface area contributed by atoms with Crippen molar-refractivity contribution in [2.24, 2.45) is 0 Å². The van der Waals surface area contributed by atoms with E-state index in [4.69, 9.17) is 4.74 Å². The number of carbonyl (C=O) groups excluding carboxylic acids is 1. The minimum atomic E-state index is -3.89. The molecule has 2 aromatic carbocycles. The van der Waals surface area contributed by atoms with E-state index in [-0.39, 0.29) is 18.0 Å². The molecule has 0 unspecified atom stereocenters. The summed E-state index contributed by atoms with van der Waals surface area (Å²) in [5.41, 5.74) is 1.52. The number of hydrogen-bond acceptors (Lipinski definition) is 5. The molecular formula is C19H23NO4S2. The van der Waals surface area contributed by atoms with Crippen LogP contribution in [0.2, 0.25) is 0 Å². The minimum absolute atomic E-state index is 0.138. The maximum Gasteiger partial charge on any atom is 0.326 e. The Morgan fingerprint density at radius 1 is 1.04 bits per heavy atom. The second-order valence-electron chi connectivity index (χ2n) is 5.51. The summed E-state index contributed by atoms with van der Waals surface area (Å²) < 4.78 is 32.3. The molecule has 140 valence electrons. The van der Waals surface area contributed by atoms with E-state index >= 15 is 0 Å². The number of sulfonamides is 1. The molecular weight excluding hydrogens is 370 g/mol. The van der Waals surface area contributed by atoms with Gasteiger partial charge in [-0.15, -0.1) is 11.8 Å². The number of nitrogens with zero attached hydrogens (tertiary/aromatic N) is 1. The van der Waals surface area contributed by atoms with Gasteiger partial charge in [0.1, 0.15) is 6.54 Å². The maximum absolute atomic E-state index is 13.1. The number of ether oxygens (including phenoxy) is 1. The van der Waals surface area contributed by atoms with Crippen molar-refractivity contribution in [3.63, 3.8) is 0 Å². The van der Waals surface area contributed by atoms with Crippen LogP contribution in [0.15, 0.2) is 58.3 Å². The molecule has 0 aliphatic rings. The van der Waals surface area contributed by atoms with Crippen LogP contribution in [0.25, 0.3) is 0 Å². The topological polar surface area (TPSA) is 63.7 Å². The van der Waals surface area contributed by atoms with E-state index in [0.717, 1.165) is 21.2 Å². The Labute approximate surface area is 159 Å². The molecule has 5 nitrogen and oxygen atoms in total. The monoisotopic (exact) mass is 393 g/mol. The quantitative estimate of drug-likeness (QED) is 0.505. The van der Waals surface area contributed by atoms with Crippen LogP contribution in [0, 0.1) is 0 Å². The molecule has 0 aromatic heterocycles. The molecule has 26 heavy (non-hydrogen) atoms. The molecule has 2 aromatic rings. The smallest absolute Gasteiger partial charge is 0.326 e. The van der Waals surface area contributed by atoms with E-state index in [2.05, 4.69) is 0 Å². The van der Waals surface area contributed by atoms with Crippen molar-refractivity contribution in [3.8, 4) is 0 Å². The normalized spacial score (nSPS) is 11.2. The van der Waals surface area contributed by atoms with E-state index in [1.165, 1.54) is 11.8 Å². The number of benzene rings is 2. The first kappa shape index (κ1) is 20.3. The lowest BCUT2D eigenvalue weighted by Crippen LogP contribution is -2.36. The van der Waals surface area contributed by atoms with Crippen molar-refractivity contribution in [1.29, 1.82) is 0 Å². The van der Waals surface area contributed by atoms with Gasteiger partial charge in [-0.3, -0.25) is 9.10 Å². The average molecular weight is 394 g/mol. The molecule has 7 heteroatoms. The fourth-order valence-corrected chi connectivity index (χ4v) is 4.23. The zero-order valence-electron chi connectivity index (χ0n) is 15.1. The molecule has 0 radical (unpaired) electrons. The summed E-state index contributed by atoms with van der Waals surface area (Å²) in [6, 6.07) is 13.8. The van der Waals surface area contributed by atoms with E-state index in [1.807, 2.05) is 25.3 Å². The lowest BCUT2D eigenvalue weighted by molar-refractivity contribution is -0.141. The number of aryl methyl sites for hydroxylation is 1. The van der Waals surface area contributed by atoms with E-state index < -0.39 is 16.0 Å². The molecule has 2 rings (SSSR count). The molecule has 0 fully saturated rings. The highest BCUT2D eigenvalue weighted by Gasteiger charge is 2.27. The van der Waals surface area contributed by atoms with Crippen LogP contribution in [0.1, 0.15) is 19.4 Å². The Hall–Kier alpha value is -1.99. The van der Waals surface area contributed by atoms with Crippen LogP contribution in [-0.2, 0) is 26.0 Å². The summed E-state index contributed by atoms with van der Waals surface area (Å²) in [4.78, 5) is 13.1. The number of thioether (sulfide) groups is 1. The van der Waals surface area contributed by atoms with Gasteiger partial charge in [-0.2, -0.15) is 0 Å². The number of rotatable bonds is 8.